The van der Waals surface area contributed by atoms with E-state index < -0.39 is 11.9 Å². The number of carbonyl (C=O) groups excluding carboxylic acids is 2. The zero-order valence-corrected chi connectivity index (χ0v) is 14.5. The summed E-state index contributed by atoms with van der Waals surface area (Å²) in [6.07, 6.45) is 1.58. The van der Waals surface area contributed by atoms with Crippen LogP contribution in [0.2, 0.25) is 0 Å². The molecule has 0 spiro atoms. The molecule has 124 valence electrons. The number of aromatic nitrogens is 1. The minimum atomic E-state index is -0.640. The summed E-state index contributed by atoms with van der Waals surface area (Å²) in [5.74, 6) is -0.432. The van der Waals surface area contributed by atoms with E-state index in [4.69, 9.17) is 4.42 Å². The third kappa shape index (κ3) is 3.23. The van der Waals surface area contributed by atoms with Gasteiger partial charge in [-0.05, 0) is 31.0 Å². The Morgan fingerprint density at radius 3 is 2.71 bits per heavy atom. The van der Waals surface area contributed by atoms with E-state index in [1.54, 1.807) is 17.6 Å². The molecular weight excluding hydrogens is 324 g/mol. The van der Waals surface area contributed by atoms with Crippen molar-refractivity contribution in [1.29, 1.82) is 0 Å². The molecule has 1 N–H and O–H groups in total. The number of hydrogen-bond donors (Lipinski definition) is 1. The first kappa shape index (κ1) is 16.4. The van der Waals surface area contributed by atoms with E-state index in [1.807, 2.05) is 39.0 Å². The Kier molecular flexibility index (Phi) is 4.49. The summed E-state index contributed by atoms with van der Waals surface area (Å²) in [7, 11) is 0. The number of amides is 1. The van der Waals surface area contributed by atoms with Crippen molar-refractivity contribution >= 4 is 34.0 Å². The topological polar surface area (TPSA) is 72.2 Å². The maximum absolute atomic E-state index is 12.5. The van der Waals surface area contributed by atoms with Gasteiger partial charge in [0.1, 0.15) is 5.58 Å². The molecule has 1 unspecified atom stereocenters. The van der Waals surface area contributed by atoms with Crippen LogP contribution in [-0.4, -0.2) is 22.7 Å². The molecule has 2 aromatic heterocycles. The van der Waals surface area contributed by atoms with Crippen LogP contribution < -0.4 is 5.32 Å². The second-order valence-electron chi connectivity index (χ2n) is 6.05. The number of nitrogens with zero attached hydrogens (tertiary/aromatic N) is 1. The van der Waals surface area contributed by atoms with Gasteiger partial charge >= 0.3 is 0 Å². The predicted octanol–water partition coefficient (Wildman–Crippen LogP) is 3.84. The van der Waals surface area contributed by atoms with E-state index in [0.717, 1.165) is 10.9 Å². The smallest absolute Gasteiger partial charge is 0.287 e. The molecule has 6 heteroatoms. The molecule has 24 heavy (non-hydrogen) atoms. The second-order valence-corrected chi connectivity index (χ2v) is 6.94. The number of carbonyl (C=O) groups is 2. The fourth-order valence-corrected chi connectivity index (χ4v) is 3.12. The minimum Gasteiger partial charge on any atom is -0.451 e. The summed E-state index contributed by atoms with van der Waals surface area (Å²) in [5, 5.41) is 5.79. The second kappa shape index (κ2) is 6.57. The van der Waals surface area contributed by atoms with E-state index in [-0.39, 0.29) is 17.5 Å². The molecule has 2 heterocycles. The van der Waals surface area contributed by atoms with E-state index in [9.17, 15) is 9.59 Å². The van der Waals surface area contributed by atoms with Crippen molar-refractivity contribution in [2.75, 3.05) is 0 Å². The van der Waals surface area contributed by atoms with Crippen molar-refractivity contribution in [1.82, 2.24) is 10.3 Å². The minimum absolute atomic E-state index is 0.0584. The summed E-state index contributed by atoms with van der Waals surface area (Å²) in [6, 6.07) is 6.77. The van der Waals surface area contributed by atoms with Gasteiger partial charge in [-0.25, -0.2) is 4.98 Å². The zero-order valence-electron chi connectivity index (χ0n) is 13.7. The van der Waals surface area contributed by atoms with Crippen molar-refractivity contribution < 1.29 is 14.0 Å². The highest BCUT2D eigenvalue weighted by atomic mass is 32.1. The van der Waals surface area contributed by atoms with Crippen molar-refractivity contribution in [2.24, 2.45) is 5.92 Å². The first-order chi connectivity index (χ1) is 11.5. The molecule has 0 radical (unpaired) electrons. The van der Waals surface area contributed by atoms with Gasteiger partial charge in [0.25, 0.3) is 5.91 Å². The van der Waals surface area contributed by atoms with E-state index in [1.165, 1.54) is 11.3 Å². The normalized spacial score (nSPS) is 12.5. The van der Waals surface area contributed by atoms with E-state index in [2.05, 4.69) is 10.3 Å². The largest absolute Gasteiger partial charge is 0.451 e. The number of rotatable bonds is 5. The van der Waals surface area contributed by atoms with Gasteiger partial charge < -0.3 is 9.73 Å². The summed E-state index contributed by atoms with van der Waals surface area (Å²) < 4.78 is 5.60. The van der Waals surface area contributed by atoms with E-state index >= 15 is 0 Å². The van der Waals surface area contributed by atoms with Crippen molar-refractivity contribution in [3.8, 4) is 0 Å². The van der Waals surface area contributed by atoms with Crippen LogP contribution >= 0.6 is 11.3 Å². The number of aryl methyl sites for hydroxylation is 1. The van der Waals surface area contributed by atoms with Crippen molar-refractivity contribution in [3.63, 3.8) is 0 Å². The lowest BCUT2D eigenvalue weighted by atomic mass is 10.00. The maximum Gasteiger partial charge on any atom is 0.287 e. The maximum atomic E-state index is 12.5. The SMILES string of the molecule is Cc1ccc2oc(C(=O)NC(C(=O)c3nccs3)C(C)C)cc2c1. The summed E-state index contributed by atoms with van der Waals surface area (Å²) in [4.78, 5) is 29.1. The number of fused-ring (bicyclic) bond motifs is 1. The monoisotopic (exact) mass is 342 g/mol. The highest BCUT2D eigenvalue weighted by Crippen LogP contribution is 2.21. The highest BCUT2D eigenvalue weighted by Gasteiger charge is 2.28. The lowest BCUT2D eigenvalue weighted by Gasteiger charge is -2.19. The van der Waals surface area contributed by atoms with Gasteiger partial charge in [0.2, 0.25) is 5.78 Å². The molecule has 0 aliphatic rings. The van der Waals surface area contributed by atoms with Gasteiger partial charge in [-0.1, -0.05) is 25.5 Å². The number of furan rings is 1. The average Bonchev–Trinajstić information content (AvgIpc) is 3.20. The Labute approximate surface area is 143 Å². The van der Waals surface area contributed by atoms with Crippen molar-refractivity contribution in [2.45, 2.75) is 26.8 Å². The van der Waals surface area contributed by atoms with Gasteiger partial charge in [-0.2, -0.15) is 0 Å². The Morgan fingerprint density at radius 1 is 1.25 bits per heavy atom. The van der Waals surface area contributed by atoms with Crippen LogP contribution in [0.5, 0.6) is 0 Å². The van der Waals surface area contributed by atoms with Gasteiger partial charge in [0.15, 0.2) is 10.8 Å². The van der Waals surface area contributed by atoms with Crippen LogP contribution in [0.1, 0.15) is 39.8 Å². The molecule has 3 rings (SSSR count). The lowest BCUT2D eigenvalue weighted by molar-refractivity contribution is 0.0817. The molecule has 3 aromatic rings. The van der Waals surface area contributed by atoms with Crippen LogP contribution in [0.4, 0.5) is 0 Å². The number of ketones is 1. The van der Waals surface area contributed by atoms with Crippen LogP contribution in [-0.2, 0) is 0 Å². The number of hydrogen-bond acceptors (Lipinski definition) is 5. The molecule has 0 saturated carbocycles. The molecule has 0 aliphatic heterocycles. The first-order valence-electron chi connectivity index (χ1n) is 7.70. The molecule has 1 atom stereocenters. The average molecular weight is 342 g/mol. The Hall–Kier alpha value is -2.47. The van der Waals surface area contributed by atoms with Gasteiger partial charge in [0.05, 0.1) is 6.04 Å². The fourth-order valence-electron chi connectivity index (χ4n) is 2.50. The van der Waals surface area contributed by atoms with E-state index in [0.29, 0.717) is 10.6 Å². The Balaban J connectivity index is 1.83. The zero-order chi connectivity index (χ0) is 17.3. The molecule has 0 saturated heterocycles. The number of nitrogens with one attached hydrogen (secondary N) is 1. The third-order valence-electron chi connectivity index (χ3n) is 3.77. The molecule has 0 bridgehead atoms. The lowest BCUT2D eigenvalue weighted by Crippen LogP contribution is -2.44. The van der Waals surface area contributed by atoms with Gasteiger partial charge in [-0.3, -0.25) is 9.59 Å². The highest BCUT2D eigenvalue weighted by molar-refractivity contribution is 7.11. The molecule has 1 amide bonds. The summed E-state index contributed by atoms with van der Waals surface area (Å²) >= 11 is 1.27. The van der Waals surface area contributed by atoms with Gasteiger partial charge in [0, 0.05) is 17.0 Å². The number of benzene rings is 1. The van der Waals surface area contributed by atoms with Crippen molar-refractivity contribution in [3.05, 3.63) is 52.2 Å². The Morgan fingerprint density at radius 2 is 2.04 bits per heavy atom. The predicted molar refractivity (Wildman–Crippen MR) is 93.5 cm³/mol. The van der Waals surface area contributed by atoms with Crippen LogP contribution in [0.15, 0.2) is 40.3 Å². The third-order valence-corrected chi connectivity index (χ3v) is 4.56. The molecule has 1 aromatic carbocycles. The molecule has 5 nitrogen and oxygen atoms in total. The quantitative estimate of drug-likeness (QED) is 0.715. The summed E-state index contributed by atoms with van der Waals surface area (Å²) in [6.45, 7) is 5.75. The number of thiazole rings is 1. The Bertz CT molecular complexity index is 881. The molecular formula is C18H18N2O3S. The standard InChI is InChI=1S/C18H18N2O3S/c1-10(2)15(16(21)18-19-6-7-24-18)20-17(22)14-9-12-8-11(3)4-5-13(12)23-14/h4-10,15H,1-3H3,(H,20,22). The van der Waals surface area contributed by atoms with Crippen LogP contribution in [0, 0.1) is 12.8 Å². The first-order valence-corrected chi connectivity index (χ1v) is 8.58. The van der Waals surface area contributed by atoms with Crippen LogP contribution in [0.3, 0.4) is 0 Å². The summed E-state index contributed by atoms with van der Waals surface area (Å²) in [5.41, 5.74) is 1.74. The van der Waals surface area contributed by atoms with Crippen LogP contribution in [0.25, 0.3) is 11.0 Å². The number of Topliss-reactive ketones (excluding diaryl/α,β-unsaturated/α-hetero) is 1. The van der Waals surface area contributed by atoms with Gasteiger partial charge in [-0.15, -0.1) is 11.3 Å². The molecule has 0 aliphatic carbocycles. The molecule has 0 fully saturated rings. The fraction of sp³-hybridized carbons (Fsp3) is 0.278.